The minimum absolute atomic E-state index is 0.202. The van der Waals surface area contributed by atoms with Crippen molar-refractivity contribution < 1.29 is 9.90 Å². The van der Waals surface area contributed by atoms with E-state index in [1.807, 2.05) is 0 Å². The van der Waals surface area contributed by atoms with Crippen LogP contribution in [0.25, 0.3) is 0 Å². The molecule has 0 heterocycles. The van der Waals surface area contributed by atoms with Gasteiger partial charge in [0.25, 0.3) is 0 Å². The van der Waals surface area contributed by atoms with Gasteiger partial charge in [-0.1, -0.05) is 44.4 Å². The van der Waals surface area contributed by atoms with Crippen molar-refractivity contribution in [3.8, 4) is 0 Å². The molecule has 15 heavy (non-hydrogen) atoms. The Balaban J connectivity index is 4.24. The zero-order valence-corrected chi connectivity index (χ0v) is 10.6. The Bertz CT molecular complexity index is 232. The van der Waals surface area contributed by atoms with Gasteiger partial charge in [-0.05, 0) is 25.2 Å². The number of aliphatic carboxylic acids is 1. The summed E-state index contributed by atoms with van der Waals surface area (Å²) in [6, 6.07) is 0. The van der Waals surface area contributed by atoms with Gasteiger partial charge in [-0.2, -0.15) is 0 Å². The monoisotopic (exact) mass is 232 g/mol. The van der Waals surface area contributed by atoms with Gasteiger partial charge in [0.1, 0.15) is 0 Å². The first kappa shape index (κ1) is 14.5. The van der Waals surface area contributed by atoms with Crippen LogP contribution in [-0.4, -0.2) is 11.1 Å². The third-order valence-electron chi connectivity index (χ3n) is 2.35. The van der Waals surface area contributed by atoms with E-state index in [-0.39, 0.29) is 6.42 Å². The molecule has 0 aliphatic rings. The predicted molar refractivity (Wildman–Crippen MR) is 64.1 cm³/mol. The van der Waals surface area contributed by atoms with E-state index in [1.165, 1.54) is 5.57 Å². The van der Waals surface area contributed by atoms with E-state index in [4.69, 9.17) is 16.7 Å². The third-order valence-corrected chi connectivity index (χ3v) is 2.78. The van der Waals surface area contributed by atoms with E-state index in [2.05, 4.69) is 20.8 Å². The molecule has 0 radical (unpaired) electrons. The van der Waals surface area contributed by atoms with Gasteiger partial charge in [-0.3, -0.25) is 4.79 Å². The van der Waals surface area contributed by atoms with Crippen LogP contribution in [0.1, 0.15) is 52.9 Å². The molecule has 0 aromatic carbocycles. The van der Waals surface area contributed by atoms with Crippen LogP contribution in [0.3, 0.4) is 0 Å². The predicted octanol–water partition coefficient (Wildman–Crippen LogP) is 4.19. The molecule has 0 saturated heterocycles. The first-order valence-electron chi connectivity index (χ1n) is 5.58. The molecular weight excluding hydrogens is 212 g/mol. The van der Waals surface area contributed by atoms with E-state index < -0.39 is 5.97 Å². The Morgan fingerprint density at radius 3 is 2.27 bits per heavy atom. The molecule has 0 spiro atoms. The average Bonchev–Trinajstić information content (AvgIpc) is 2.12. The van der Waals surface area contributed by atoms with Gasteiger partial charge in [0.15, 0.2) is 0 Å². The number of carboxylic acid groups (broad SMARTS) is 1. The number of hydrogen-bond acceptors (Lipinski definition) is 1. The molecule has 0 fully saturated rings. The van der Waals surface area contributed by atoms with Crippen molar-refractivity contribution in [1.82, 2.24) is 0 Å². The van der Waals surface area contributed by atoms with Crippen molar-refractivity contribution in [3.63, 3.8) is 0 Å². The number of carbonyl (C=O) groups is 1. The summed E-state index contributed by atoms with van der Waals surface area (Å²) in [6.07, 6.45) is 3.63. The van der Waals surface area contributed by atoms with Crippen molar-refractivity contribution in [3.05, 3.63) is 10.6 Å². The second kappa shape index (κ2) is 7.75. The van der Waals surface area contributed by atoms with Gasteiger partial charge in [0.05, 0.1) is 0 Å². The van der Waals surface area contributed by atoms with Crippen LogP contribution in [0.2, 0.25) is 0 Å². The van der Waals surface area contributed by atoms with E-state index in [1.54, 1.807) is 0 Å². The molecule has 0 aliphatic heterocycles. The number of rotatable bonds is 7. The Hall–Kier alpha value is -0.500. The molecule has 0 aromatic rings. The molecule has 2 nitrogen and oxygen atoms in total. The van der Waals surface area contributed by atoms with E-state index in [0.29, 0.717) is 18.8 Å². The summed E-state index contributed by atoms with van der Waals surface area (Å²) in [5.41, 5.74) is 1.28. The number of hydrogen-bond donors (Lipinski definition) is 1. The minimum Gasteiger partial charge on any atom is -0.481 e. The van der Waals surface area contributed by atoms with Crippen LogP contribution in [-0.2, 0) is 4.79 Å². The van der Waals surface area contributed by atoms with Crippen LogP contribution < -0.4 is 0 Å². The van der Waals surface area contributed by atoms with Gasteiger partial charge < -0.3 is 5.11 Å². The lowest BCUT2D eigenvalue weighted by Crippen LogP contribution is -1.99. The molecule has 0 rings (SSSR count). The second-order valence-electron chi connectivity index (χ2n) is 4.08. The van der Waals surface area contributed by atoms with Gasteiger partial charge in [0.2, 0.25) is 0 Å². The lowest BCUT2D eigenvalue weighted by molar-refractivity contribution is -0.137. The highest BCUT2D eigenvalue weighted by molar-refractivity contribution is 6.29. The quantitative estimate of drug-likeness (QED) is 0.715. The lowest BCUT2D eigenvalue weighted by Gasteiger charge is -2.13. The highest BCUT2D eigenvalue weighted by Gasteiger charge is 2.08. The maximum Gasteiger partial charge on any atom is 0.303 e. The molecule has 0 atom stereocenters. The summed E-state index contributed by atoms with van der Waals surface area (Å²) >= 11 is 6.19. The molecule has 88 valence electrons. The molecule has 0 aliphatic carbocycles. The van der Waals surface area contributed by atoms with Gasteiger partial charge in [0, 0.05) is 11.5 Å². The maximum absolute atomic E-state index is 10.4. The van der Waals surface area contributed by atoms with Crippen LogP contribution in [0.5, 0.6) is 0 Å². The summed E-state index contributed by atoms with van der Waals surface area (Å²) in [7, 11) is 0. The molecule has 0 saturated carbocycles. The zero-order chi connectivity index (χ0) is 11.8. The molecular formula is C12H21ClO2. The molecule has 0 unspecified atom stereocenters. The lowest BCUT2D eigenvalue weighted by atomic mass is 9.97. The van der Waals surface area contributed by atoms with Gasteiger partial charge in [-0.25, -0.2) is 0 Å². The highest BCUT2D eigenvalue weighted by Crippen LogP contribution is 2.26. The first-order valence-corrected chi connectivity index (χ1v) is 5.96. The number of halogens is 1. The zero-order valence-electron chi connectivity index (χ0n) is 9.85. The maximum atomic E-state index is 10.4. The van der Waals surface area contributed by atoms with Crippen LogP contribution >= 0.6 is 11.6 Å². The van der Waals surface area contributed by atoms with E-state index in [9.17, 15) is 4.79 Å². The third kappa shape index (κ3) is 6.56. The highest BCUT2D eigenvalue weighted by atomic mass is 35.5. The van der Waals surface area contributed by atoms with Crippen molar-refractivity contribution in [2.24, 2.45) is 5.92 Å². The molecule has 1 N–H and O–H groups in total. The molecule has 0 bridgehead atoms. The SMILES string of the molecule is CCC/C(=C(/Cl)CCCC(=O)O)C(C)C. The van der Waals surface area contributed by atoms with Crippen molar-refractivity contribution in [2.45, 2.75) is 52.9 Å². The van der Waals surface area contributed by atoms with Crippen LogP contribution in [0.4, 0.5) is 0 Å². The Morgan fingerprint density at radius 2 is 1.87 bits per heavy atom. The molecule has 0 amide bonds. The fourth-order valence-electron chi connectivity index (χ4n) is 1.56. The fourth-order valence-corrected chi connectivity index (χ4v) is 2.01. The standard InChI is InChI=1S/C12H21ClO2/c1-4-6-10(9(2)3)11(13)7-5-8-12(14)15/h9H,4-8H2,1-3H3,(H,14,15)/b11-10-. The fraction of sp³-hybridized carbons (Fsp3) is 0.750. The normalized spacial score (nSPS) is 12.9. The van der Waals surface area contributed by atoms with Crippen LogP contribution in [0, 0.1) is 5.92 Å². The Labute approximate surface area is 97.3 Å². The van der Waals surface area contributed by atoms with Crippen molar-refractivity contribution in [1.29, 1.82) is 0 Å². The number of allylic oxidation sites excluding steroid dienone is 2. The summed E-state index contributed by atoms with van der Waals surface area (Å²) in [4.78, 5) is 10.4. The summed E-state index contributed by atoms with van der Waals surface area (Å²) < 4.78 is 0. The minimum atomic E-state index is -0.749. The largest absolute Gasteiger partial charge is 0.481 e. The van der Waals surface area contributed by atoms with Crippen molar-refractivity contribution >= 4 is 17.6 Å². The summed E-state index contributed by atoms with van der Waals surface area (Å²) in [5.74, 6) is -0.289. The van der Waals surface area contributed by atoms with E-state index >= 15 is 0 Å². The molecule has 0 aromatic heterocycles. The van der Waals surface area contributed by atoms with Gasteiger partial charge >= 0.3 is 5.97 Å². The smallest absolute Gasteiger partial charge is 0.303 e. The van der Waals surface area contributed by atoms with E-state index in [0.717, 1.165) is 17.9 Å². The van der Waals surface area contributed by atoms with Crippen molar-refractivity contribution in [2.75, 3.05) is 0 Å². The Morgan fingerprint density at radius 1 is 1.27 bits per heavy atom. The van der Waals surface area contributed by atoms with Crippen LogP contribution in [0.15, 0.2) is 10.6 Å². The Kier molecular flexibility index (Phi) is 7.49. The topological polar surface area (TPSA) is 37.3 Å². The summed E-state index contributed by atoms with van der Waals surface area (Å²) in [5, 5.41) is 9.39. The van der Waals surface area contributed by atoms with Gasteiger partial charge in [-0.15, -0.1) is 0 Å². The molecule has 3 heteroatoms. The average molecular weight is 233 g/mol. The second-order valence-corrected chi connectivity index (χ2v) is 4.54. The first-order chi connectivity index (χ1) is 6.99. The number of carboxylic acids is 1. The summed E-state index contributed by atoms with van der Waals surface area (Å²) in [6.45, 7) is 6.39.